The Bertz CT molecular complexity index is 281. The van der Waals surface area contributed by atoms with Gasteiger partial charge in [0.05, 0.1) is 5.54 Å². The molecule has 3 N–H and O–H groups in total. The Hall–Kier alpha value is -0.610. The normalized spacial score (nSPS) is 19.9. The Morgan fingerprint density at radius 2 is 1.83 bits per heavy atom. The summed E-state index contributed by atoms with van der Waals surface area (Å²) in [4.78, 5) is 14.3. The molecule has 1 aliphatic carbocycles. The van der Waals surface area contributed by atoms with Crippen LogP contribution in [0.4, 0.5) is 0 Å². The van der Waals surface area contributed by atoms with Crippen molar-refractivity contribution in [2.24, 2.45) is 11.1 Å². The van der Waals surface area contributed by atoms with Crippen LogP contribution in [0.3, 0.4) is 0 Å². The summed E-state index contributed by atoms with van der Waals surface area (Å²) in [6, 6.07) is 0. The molecule has 1 amide bonds. The minimum absolute atomic E-state index is 0.0361. The van der Waals surface area contributed by atoms with Crippen molar-refractivity contribution in [2.75, 3.05) is 27.2 Å². The van der Waals surface area contributed by atoms with Crippen molar-refractivity contribution in [1.29, 1.82) is 0 Å². The number of carbonyl (C=O) groups is 1. The van der Waals surface area contributed by atoms with Crippen LogP contribution >= 0.6 is 0 Å². The lowest BCUT2D eigenvalue weighted by atomic mass is 9.81. The molecule has 0 spiro atoms. The molecule has 0 heterocycles. The van der Waals surface area contributed by atoms with Crippen LogP contribution < -0.4 is 11.1 Å². The van der Waals surface area contributed by atoms with Crippen molar-refractivity contribution in [3.05, 3.63) is 0 Å². The van der Waals surface area contributed by atoms with Crippen LogP contribution in [-0.2, 0) is 4.79 Å². The molecule has 0 atom stereocenters. The van der Waals surface area contributed by atoms with Gasteiger partial charge in [-0.15, -0.1) is 0 Å². The van der Waals surface area contributed by atoms with Gasteiger partial charge in [0.25, 0.3) is 0 Å². The highest BCUT2D eigenvalue weighted by Gasteiger charge is 2.35. The quantitative estimate of drug-likeness (QED) is 0.779. The second kappa shape index (κ2) is 6.02. The van der Waals surface area contributed by atoms with E-state index in [0.29, 0.717) is 6.54 Å². The lowest BCUT2D eigenvalue weighted by molar-refractivity contribution is -0.128. The SMILES string of the molecule is CN(C)CC(C)(C)CNC(=O)C1(N)CCCCC1. The van der Waals surface area contributed by atoms with Crippen LogP contribution in [0.15, 0.2) is 0 Å². The molecule has 0 aromatic heterocycles. The fraction of sp³-hybridized carbons (Fsp3) is 0.929. The molecule has 0 aromatic carbocycles. The number of nitrogens with one attached hydrogen (secondary N) is 1. The summed E-state index contributed by atoms with van der Waals surface area (Å²) in [6.45, 7) is 5.96. The minimum Gasteiger partial charge on any atom is -0.354 e. The van der Waals surface area contributed by atoms with Gasteiger partial charge >= 0.3 is 0 Å². The summed E-state index contributed by atoms with van der Waals surface area (Å²) in [6.07, 6.45) is 5.01. The third kappa shape index (κ3) is 4.58. The molecule has 0 unspecified atom stereocenters. The van der Waals surface area contributed by atoms with Gasteiger partial charge < -0.3 is 16.0 Å². The van der Waals surface area contributed by atoms with Crippen molar-refractivity contribution in [1.82, 2.24) is 10.2 Å². The second-order valence-electron chi connectivity index (χ2n) is 6.80. The summed E-state index contributed by atoms with van der Waals surface area (Å²) < 4.78 is 0. The van der Waals surface area contributed by atoms with Gasteiger partial charge in [0.1, 0.15) is 0 Å². The largest absolute Gasteiger partial charge is 0.354 e. The molecule has 1 aliphatic rings. The Morgan fingerprint density at radius 1 is 1.28 bits per heavy atom. The van der Waals surface area contributed by atoms with Crippen molar-refractivity contribution in [3.8, 4) is 0 Å². The maximum atomic E-state index is 12.2. The van der Waals surface area contributed by atoms with Gasteiger partial charge in [-0.3, -0.25) is 4.79 Å². The van der Waals surface area contributed by atoms with Gasteiger partial charge in [-0.2, -0.15) is 0 Å². The lowest BCUT2D eigenvalue weighted by Crippen LogP contribution is -2.56. The zero-order valence-corrected chi connectivity index (χ0v) is 12.4. The van der Waals surface area contributed by atoms with Crippen LogP contribution in [-0.4, -0.2) is 43.5 Å². The summed E-state index contributed by atoms with van der Waals surface area (Å²) >= 11 is 0. The molecule has 0 bridgehead atoms. The molecule has 106 valence electrons. The van der Waals surface area contributed by atoms with E-state index in [-0.39, 0.29) is 11.3 Å². The summed E-state index contributed by atoms with van der Waals surface area (Å²) in [7, 11) is 4.10. The Labute approximate surface area is 111 Å². The molecule has 4 nitrogen and oxygen atoms in total. The summed E-state index contributed by atoms with van der Waals surface area (Å²) in [5, 5.41) is 3.05. The van der Waals surface area contributed by atoms with E-state index in [2.05, 4.69) is 38.2 Å². The highest BCUT2D eigenvalue weighted by Crippen LogP contribution is 2.26. The van der Waals surface area contributed by atoms with Crippen LogP contribution in [0.2, 0.25) is 0 Å². The number of amides is 1. The first-order valence-electron chi connectivity index (χ1n) is 6.97. The first-order chi connectivity index (χ1) is 8.25. The number of rotatable bonds is 5. The summed E-state index contributed by atoms with van der Waals surface area (Å²) in [5.74, 6) is 0.0361. The monoisotopic (exact) mass is 255 g/mol. The smallest absolute Gasteiger partial charge is 0.240 e. The van der Waals surface area contributed by atoms with E-state index in [4.69, 9.17) is 5.73 Å². The fourth-order valence-corrected chi connectivity index (χ4v) is 2.82. The van der Waals surface area contributed by atoms with E-state index in [0.717, 1.165) is 32.2 Å². The van der Waals surface area contributed by atoms with Crippen LogP contribution in [0.5, 0.6) is 0 Å². The standard InChI is InChI=1S/C14H29N3O/c1-13(2,11-17(3)4)10-16-12(18)14(15)8-6-5-7-9-14/h5-11,15H2,1-4H3,(H,16,18). The zero-order valence-electron chi connectivity index (χ0n) is 12.4. The van der Waals surface area contributed by atoms with E-state index in [1.54, 1.807) is 0 Å². The van der Waals surface area contributed by atoms with Crippen LogP contribution in [0.25, 0.3) is 0 Å². The summed E-state index contributed by atoms with van der Waals surface area (Å²) in [5.41, 5.74) is 5.67. The highest BCUT2D eigenvalue weighted by atomic mass is 16.2. The Morgan fingerprint density at radius 3 is 2.33 bits per heavy atom. The first-order valence-corrected chi connectivity index (χ1v) is 6.97. The molecule has 18 heavy (non-hydrogen) atoms. The molecule has 0 radical (unpaired) electrons. The minimum atomic E-state index is -0.619. The number of nitrogens with two attached hydrogens (primary N) is 1. The maximum absolute atomic E-state index is 12.2. The highest BCUT2D eigenvalue weighted by molar-refractivity contribution is 5.86. The van der Waals surface area contributed by atoms with Crippen LogP contribution in [0.1, 0.15) is 46.0 Å². The van der Waals surface area contributed by atoms with E-state index >= 15 is 0 Å². The number of hydrogen-bond donors (Lipinski definition) is 2. The van der Waals surface area contributed by atoms with E-state index in [1.165, 1.54) is 6.42 Å². The molecular formula is C14H29N3O. The van der Waals surface area contributed by atoms with Gasteiger partial charge in [0, 0.05) is 13.1 Å². The van der Waals surface area contributed by atoms with Gasteiger partial charge in [-0.1, -0.05) is 33.1 Å². The van der Waals surface area contributed by atoms with Crippen molar-refractivity contribution in [2.45, 2.75) is 51.5 Å². The van der Waals surface area contributed by atoms with Gasteiger partial charge in [0.2, 0.25) is 5.91 Å². The average Bonchev–Trinajstić information content (AvgIpc) is 2.25. The van der Waals surface area contributed by atoms with Gasteiger partial charge in [-0.05, 0) is 32.4 Å². The number of nitrogens with zero attached hydrogens (tertiary/aromatic N) is 1. The molecule has 4 heteroatoms. The molecule has 0 saturated heterocycles. The molecule has 1 fully saturated rings. The van der Waals surface area contributed by atoms with E-state index in [9.17, 15) is 4.79 Å². The van der Waals surface area contributed by atoms with E-state index in [1.807, 2.05) is 0 Å². The predicted octanol–water partition coefficient (Wildman–Crippen LogP) is 1.35. The molecule has 0 aromatic rings. The second-order valence-corrected chi connectivity index (χ2v) is 6.80. The fourth-order valence-electron chi connectivity index (χ4n) is 2.82. The Balaban J connectivity index is 2.45. The molecule has 1 rings (SSSR count). The van der Waals surface area contributed by atoms with Crippen molar-refractivity contribution >= 4 is 5.91 Å². The first kappa shape index (κ1) is 15.4. The Kier molecular flexibility index (Phi) is 5.17. The van der Waals surface area contributed by atoms with Crippen molar-refractivity contribution < 1.29 is 4.79 Å². The number of hydrogen-bond acceptors (Lipinski definition) is 3. The zero-order chi connectivity index (χ0) is 13.8. The van der Waals surface area contributed by atoms with Gasteiger partial charge in [-0.25, -0.2) is 0 Å². The topological polar surface area (TPSA) is 58.4 Å². The average molecular weight is 255 g/mol. The lowest BCUT2D eigenvalue weighted by Gasteiger charge is -2.34. The molecule has 0 aliphatic heterocycles. The van der Waals surface area contributed by atoms with Crippen LogP contribution in [0, 0.1) is 5.41 Å². The van der Waals surface area contributed by atoms with Gasteiger partial charge in [0.15, 0.2) is 0 Å². The third-order valence-corrected chi connectivity index (χ3v) is 3.67. The van der Waals surface area contributed by atoms with E-state index < -0.39 is 5.54 Å². The molecule has 1 saturated carbocycles. The third-order valence-electron chi connectivity index (χ3n) is 3.67. The maximum Gasteiger partial charge on any atom is 0.240 e. The number of carbonyl (C=O) groups excluding carboxylic acids is 1. The predicted molar refractivity (Wildman–Crippen MR) is 75.3 cm³/mol. The van der Waals surface area contributed by atoms with Crippen molar-refractivity contribution in [3.63, 3.8) is 0 Å². The molecular weight excluding hydrogens is 226 g/mol.